The van der Waals surface area contributed by atoms with Gasteiger partial charge in [0.05, 0.1) is 18.8 Å². The largest absolute Gasteiger partial charge is 0.488 e. The lowest BCUT2D eigenvalue weighted by Crippen LogP contribution is -2.52. The van der Waals surface area contributed by atoms with E-state index >= 15 is 0 Å². The predicted molar refractivity (Wildman–Crippen MR) is 129 cm³/mol. The van der Waals surface area contributed by atoms with Crippen LogP contribution in [0.15, 0.2) is 36.4 Å². The van der Waals surface area contributed by atoms with Crippen LogP contribution in [-0.4, -0.2) is 58.9 Å². The lowest BCUT2D eigenvalue weighted by molar-refractivity contribution is -0.136. The van der Waals surface area contributed by atoms with Crippen LogP contribution in [0.1, 0.15) is 53.7 Å². The van der Waals surface area contributed by atoms with Gasteiger partial charge in [0, 0.05) is 42.7 Å². The summed E-state index contributed by atoms with van der Waals surface area (Å²) in [6.45, 7) is 6.66. The average Bonchev–Trinajstić information content (AvgIpc) is 3.15. The first kappa shape index (κ1) is 24.4. The summed E-state index contributed by atoms with van der Waals surface area (Å²) in [6, 6.07) is 9.54. The first-order valence-corrected chi connectivity index (χ1v) is 12.3. The van der Waals surface area contributed by atoms with Crippen LogP contribution in [0.2, 0.25) is 0 Å². The third-order valence-corrected chi connectivity index (χ3v) is 6.93. The molecule has 1 N–H and O–H groups in total. The second-order valence-corrected chi connectivity index (χ2v) is 9.85. The van der Waals surface area contributed by atoms with Crippen molar-refractivity contribution in [2.75, 3.05) is 13.1 Å². The molecule has 5 rings (SSSR count). The Morgan fingerprint density at radius 2 is 1.89 bits per heavy atom. The van der Waals surface area contributed by atoms with Gasteiger partial charge in [-0.05, 0) is 50.1 Å². The molecule has 0 saturated carbocycles. The number of rotatable bonds is 6. The second-order valence-electron chi connectivity index (χ2n) is 9.85. The van der Waals surface area contributed by atoms with Crippen LogP contribution in [0, 0.1) is 5.82 Å². The normalized spacial score (nSPS) is 24.6. The van der Waals surface area contributed by atoms with Crippen LogP contribution >= 0.6 is 0 Å². The Kier molecular flexibility index (Phi) is 6.77. The van der Waals surface area contributed by atoms with Crippen LogP contribution < -0.4 is 10.1 Å². The maximum absolute atomic E-state index is 14.6. The Labute approximate surface area is 209 Å². The molecule has 3 atom stereocenters. The van der Waals surface area contributed by atoms with Crippen molar-refractivity contribution in [1.82, 2.24) is 15.1 Å². The van der Waals surface area contributed by atoms with Crippen molar-refractivity contribution < 1.29 is 28.2 Å². The highest BCUT2D eigenvalue weighted by molar-refractivity contribution is 6.05. The molecule has 190 valence electrons. The van der Waals surface area contributed by atoms with Gasteiger partial charge < -0.3 is 14.4 Å². The summed E-state index contributed by atoms with van der Waals surface area (Å²) in [7, 11) is 0. The highest BCUT2D eigenvalue weighted by Crippen LogP contribution is 2.34. The Balaban J connectivity index is 1.28. The summed E-state index contributed by atoms with van der Waals surface area (Å²) in [5, 5.41) is 2.31. The minimum absolute atomic E-state index is 0.0125. The molecule has 3 aliphatic heterocycles. The summed E-state index contributed by atoms with van der Waals surface area (Å²) in [4.78, 5) is 40.6. The van der Waals surface area contributed by atoms with Gasteiger partial charge in [-0.15, -0.1) is 0 Å². The van der Waals surface area contributed by atoms with E-state index in [-0.39, 0.29) is 49.4 Å². The van der Waals surface area contributed by atoms with Gasteiger partial charge in [0.15, 0.2) is 0 Å². The standard InChI is InChI=1S/C27H30FN3O5/c1-16-11-30(12-17(2)36-16)13-18-6-7-22(28)19(10-18)15-35-24-5-3-4-20-21(24)14-31(27(20)34)23-8-9-25(32)29-26(23)33/h3-7,10,16-17,23H,8-9,11-15H2,1-2H3,(H,29,32,33)/t16?,17?,23-/m0/s1. The second kappa shape index (κ2) is 9.99. The number of nitrogens with one attached hydrogen (secondary N) is 1. The first-order chi connectivity index (χ1) is 17.3. The quantitative estimate of drug-likeness (QED) is 0.620. The van der Waals surface area contributed by atoms with Gasteiger partial charge in [0.2, 0.25) is 11.8 Å². The van der Waals surface area contributed by atoms with Gasteiger partial charge in [0.25, 0.3) is 5.91 Å². The fourth-order valence-electron chi connectivity index (χ4n) is 5.36. The molecule has 3 aliphatic rings. The lowest BCUT2D eigenvalue weighted by Gasteiger charge is -2.35. The number of piperidine rings is 1. The fraction of sp³-hybridized carbons (Fsp3) is 0.444. The van der Waals surface area contributed by atoms with E-state index in [1.807, 2.05) is 6.07 Å². The van der Waals surface area contributed by atoms with E-state index in [0.717, 1.165) is 18.7 Å². The number of nitrogens with zero attached hydrogens (tertiary/aromatic N) is 2. The molecule has 2 fully saturated rings. The van der Waals surface area contributed by atoms with E-state index < -0.39 is 11.9 Å². The third kappa shape index (κ3) is 4.99. The Hall–Kier alpha value is -3.30. The number of fused-ring (bicyclic) bond motifs is 1. The van der Waals surface area contributed by atoms with Gasteiger partial charge in [-0.2, -0.15) is 0 Å². The molecule has 3 heterocycles. The summed E-state index contributed by atoms with van der Waals surface area (Å²) in [6.07, 6.45) is 0.788. The molecule has 3 amide bonds. The average molecular weight is 496 g/mol. The minimum Gasteiger partial charge on any atom is -0.488 e. The Morgan fingerprint density at radius 1 is 1.11 bits per heavy atom. The molecule has 0 aromatic heterocycles. The number of halogens is 1. The molecule has 0 radical (unpaired) electrons. The Morgan fingerprint density at radius 3 is 2.64 bits per heavy atom. The van der Waals surface area contributed by atoms with Crippen LogP contribution in [0.25, 0.3) is 0 Å². The molecule has 2 aromatic rings. The van der Waals surface area contributed by atoms with Crippen molar-refractivity contribution in [3.63, 3.8) is 0 Å². The summed E-state index contributed by atoms with van der Waals surface area (Å²) < 4.78 is 26.5. The molecular weight excluding hydrogens is 465 g/mol. The SMILES string of the molecule is CC1CN(Cc2ccc(F)c(COc3cccc4c3CN([C@H]3CCC(=O)NC3=O)C4=O)c2)CC(C)O1. The topological polar surface area (TPSA) is 88.2 Å². The van der Waals surface area contributed by atoms with Crippen molar-refractivity contribution in [2.24, 2.45) is 0 Å². The molecule has 0 aliphatic carbocycles. The predicted octanol–water partition coefficient (Wildman–Crippen LogP) is 2.77. The van der Waals surface area contributed by atoms with Crippen molar-refractivity contribution in [3.8, 4) is 5.75 Å². The van der Waals surface area contributed by atoms with Crippen molar-refractivity contribution in [2.45, 2.75) is 64.6 Å². The van der Waals surface area contributed by atoms with Gasteiger partial charge in [-0.25, -0.2) is 4.39 Å². The Bertz CT molecular complexity index is 1190. The maximum atomic E-state index is 14.6. The molecule has 2 aromatic carbocycles. The van der Waals surface area contributed by atoms with Crippen LogP contribution in [-0.2, 0) is 34.0 Å². The number of imide groups is 1. The molecule has 8 nitrogen and oxygen atoms in total. The lowest BCUT2D eigenvalue weighted by atomic mass is 10.0. The molecule has 0 spiro atoms. The monoisotopic (exact) mass is 495 g/mol. The molecule has 36 heavy (non-hydrogen) atoms. The van der Waals surface area contributed by atoms with E-state index in [1.165, 1.54) is 11.0 Å². The fourth-order valence-corrected chi connectivity index (χ4v) is 5.36. The smallest absolute Gasteiger partial charge is 0.255 e. The molecule has 2 unspecified atom stereocenters. The number of amides is 3. The van der Waals surface area contributed by atoms with Gasteiger partial charge in [-0.3, -0.25) is 24.6 Å². The van der Waals surface area contributed by atoms with Gasteiger partial charge >= 0.3 is 0 Å². The van der Waals surface area contributed by atoms with E-state index in [4.69, 9.17) is 9.47 Å². The van der Waals surface area contributed by atoms with Crippen molar-refractivity contribution in [1.29, 1.82) is 0 Å². The number of hydrogen-bond acceptors (Lipinski definition) is 6. The van der Waals surface area contributed by atoms with E-state index in [9.17, 15) is 18.8 Å². The number of hydrogen-bond donors (Lipinski definition) is 1. The van der Waals surface area contributed by atoms with Crippen molar-refractivity contribution in [3.05, 3.63) is 64.5 Å². The molecule has 2 saturated heterocycles. The highest BCUT2D eigenvalue weighted by Gasteiger charge is 2.40. The molecule has 9 heteroatoms. The van der Waals surface area contributed by atoms with Crippen LogP contribution in [0.5, 0.6) is 5.75 Å². The van der Waals surface area contributed by atoms with Crippen molar-refractivity contribution >= 4 is 17.7 Å². The number of carbonyl (C=O) groups is 3. The third-order valence-electron chi connectivity index (χ3n) is 6.93. The maximum Gasteiger partial charge on any atom is 0.255 e. The zero-order valence-corrected chi connectivity index (χ0v) is 20.5. The number of carbonyl (C=O) groups excluding carboxylic acids is 3. The summed E-state index contributed by atoms with van der Waals surface area (Å²) in [5.74, 6) is -0.927. The molecule has 0 bridgehead atoms. The van der Waals surface area contributed by atoms with E-state index in [0.29, 0.717) is 35.4 Å². The van der Waals surface area contributed by atoms with Gasteiger partial charge in [0.1, 0.15) is 24.2 Å². The minimum atomic E-state index is -0.699. The summed E-state index contributed by atoms with van der Waals surface area (Å²) in [5.41, 5.74) is 2.56. The zero-order chi connectivity index (χ0) is 25.4. The first-order valence-electron chi connectivity index (χ1n) is 12.3. The zero-order valence-electron chi connectivity index (χ0n) is 20.5. The van der Waals surface area contributed by atoms with Crippen LogP contribution in [0.3, 0.4) is 0 Å². The van der Waals surface area contributed by atoms with E-state index in [1.54, 1.807) is 24.3 Å². The number of ether oxygens (including phenoxy) is 2. The molecular formula is C27H30FN3O5. The van der Waals surface area contributed by atoms with Crippen LogP contribution in [0.4, 0.5) is 4.39 Å². The number of benzene rings is 2. The summed E-state index contributed by atoms with van der Waals surface area (Å²) >= 11 is 0. The van der Waals surface area contributed by atoms with E-state index in [2.05, 4.69) is 24.1 Å². The van der Waals surface area contributed by atoms with Gasteiger partial charge in [-0.1, -0.05) is 12.1 Å². The highest BCUT2D eigenvalue weighted by atomic mass is 19.1. The number of morpholine rings is 1.